The third-order valence-electron chi connectivity index (χ3n) is 6.33. The van der Waals surface area contributed by atoms with Crippen LogP contribution in [0.3, 0.4) is 0 Å². The monoisotopic (exact) mass is 335 g/mol. The van der Waals surface area contributed by atoms with Crippen molar-refractivity contribution in [3.05, 3.63) is 53.9 Å². The highest BCUT2D eigenvalue weighted by atomic mass is 14.6. The van der Waals surface area contributed by atoms with E-state index in [2.05, 4.69) is 62.3 Å². The molecule has 0 spiro atoms. The number of hydrogen-bond donors (Lipinski definition) is 0. The highest BCUT2D eigenvalue weighted by Crippen LogP contribution is 2.42. The second-order valence-electron chi connectivity index (χ2n) is 7.83. The fraction of sp³-hybridized carbons (Fsp3) is 0.542. The van der Waals surface area contributed by atoms with Crippen LogP contribution in [0.4, 0.5) is 0 Å². The van der Waals surface area contributed by atoms with Gasteiger partial charge in [-0.3, -0.25) is 4.98 Å². The van der Waals surface area contributed by atoms with E-state index >= 15 is 0 Å². The Hall–Kier alpha value is -1.63. The summed E-state index contributed by atoms with van der Waals surface area (Å²) in [6.45, 7) is 7.00. The molecule has 0 radical (unpaired) electrons. The van der Waals surface area contributed by atoms with E-state index in [-0.39, 0.29) is 0 Å². The van der Waals surface area contributed by atoms with Crippen molar-refractivity contribution in [1.29, 1.82) is 0 Å². The number of hydrogen-bond acceptors (Lipinski definition) is 1. The van der Waals surface area contributed by atoms with E-state index in [0.29, 0.717) is 5.92 Å². The molecule has 1 heteroatoms. The summed E-state index contributed by atoms with van der Waals surface area (Å²) in [7, 11) is 0. The lowest BCUT2D eigenvalue weighted by atomic mass is 9.72. The molecule has 1 saturated carbocycles. The summed E-state index contributed by atoms with van der Waals surface area (Å²) in [6.07, 6.45) is 13.5. The molecule has 1 aliphatic rings. The number of pyridine rings is 1. The zero-order chi connectivity index (χ0) is 17.6. The summed E-state index contributed by atoms with van der Waals surface area (Å²) in [5.41, 5.74) is 5.68. The predicted octanol–water partition coefficient (Wildman–Crippen LogP) is 7.02. The summed E-state index contributed by atoms with van der Waals surface area (Å²) in [5, 5.41) is 0. The minimum atomic E-state index is 0.594. The lowest BCUT2D eigenvalue weighted by Gasteiger charge is -2.33. The Kier molecular flexibility index (Phi) is 6.29. The Morgan fingerprint density at radius 2 is 1.76 bits per heavy atom. The van der Waals surface area contributed by atoms with Crippen molar-refractivity contribution < 1.29 is 0 Å². The Morgan fingerprint density at radius 1 is 1.00 bits per heavy atom. The second kappa shape index (κ2) is 8.65. The van der Waals surface area contributed by atoms with Gasteiger partial charge in [0.1, 0.15) is 0 Å². The number of aryl methyl sites for hydroxylation is 1. The van der Waals surface area contributed by atoms with Gasteiger partial charge in [0, 0.05) is 12.4 Å². The molecule has 1 atom stereocenters. The maximum atomic E-state index is 4.49. The molecule has 1 aliphatic carbocycles. The average Bonchev–Trinajstić information content (AvgIpc) is 2.68. The van der Waals surface area contributed by atoms with E-state index in [0.717, 1.165) is 18.3 Å². The van der Waals surface area contributed by atoms with Crippen LogP contribution in [0.5, 0.6) is 0 Å². The van der Waals surface area contributed by atoms with E-state index in [9.17, 15) is 0 Å². The first-order valence-corrected chi connectivity index (χ1v) is 10.3. The van der Waals surface area contributed by atoms with Gasteiger partial charge < -0.3 is 0 Å². The summed E-state index contributed by atoms with van der Waals surface area (Å²) in [4.78, 5) is 4.49. The first kappa shape index (κ1) is 18.2. The van der Waals surface area contributed by atoms with Crippen LogP contribution >= 0.6 is 0 Å². The molecule has 0 bridgehead atoms. The van der Waals surface area contributed by atoms with Crippen LogP contribution in [0.1, 0.15) is 76.3 Å². The van der Waals surface area contributed by atoms with E-state index < -0.39 is 0 Å². The van der Waals surface area contributed by atoms with Crippen LogP contribution in [0, 0.1) is 11.8 Å². The van der Waals surface area contributed by atoms with Crippen LogP contribution in [0.15, 0.2) is 42.7 Å². The molecule has 0 saturated heterocycles. The topological polar surface area (TPSA) is 12.9 Å². The van der Waals surface area contributed by atoms with E-state index in [1.165, 1.54) is 60.8 Å². The van der Waals surface area contributed by atoms with Gasteiger partial charge in [-0.1, -0.05) is 70.7 Å². The molecule has 1 fully saturated rings. The van der Waals surface area contributed by atoms with E-state index in [1.54, 1.807) is 0 Å². The zero-order valence-corrected chi connectivity index (χ0v) is 16.2. The molecule has 3 rings (SSSR count). The molecule has 1 aromatic carbocycles. The van der Waals surface area contributed by atoms with Crippen molar-refractivity contribution in [3.8, 4) is 11.1 Å². The molecule has 0 aliphatic heterocycles. The molecule has 134 valence electrons. The molecule has 1 aromatic heterocycles. The Bertz CT molecular complexity index is 667. The summed E-state index contributed by atoms with van der Waals surface area (Å²) in [6, 6.07) is 11.1. The van der Waals surface area contributed by atoms with Crippen molar-refractivity contribution in [2.45, 2.75) is 71.6 Å². The Labute approximate surface area is 153 Å². The summed E-state index contributed by atoms with van der Waals surface area (Å²) >= 11 is 0. The number of benzene rings is 1. The molecule has 25 heavy (non-hydrogen) atoms. The highest BCUT2D eigenvalue weighted by molar-refractivity contribution is 5.70. The predicted molar refractivity (Wildman–Crippen MR) is 108 cm³/mol. The van der Waals surface area contributed by atoms with Gasteiger partial charge >= 0.3 is 0 Å². The first-order valence-electron chi connectivity index (χ1n) is 10.3. The average molecular weight is 336 g/mol. The van der Waals surface area contributed by atoms with Gasteiger partial charge in [-0.2, -0.15) is 0 Å². The van der Waals surface area contributed by atoms with Gasteiger partial charge in [0.2, 0.25) is 0 Å². The molecule has 2 aromatic rings. The van der Waals surface area contributed by atoms with Crippen LogP contribution in [-0.2, 0) is 6.42 Å². The SMILES string of the molecule is CCCC1CCC(C(C)c2cnccc2-c2ccccc2CC)CC1. The largest absolute Gasteiger partial charge is 0.264 e. The minimum absolute atomic E-state index is 0.594. The lowest BCUT2D eigenvalue weighted by Crippen LogP contribution is -2.19. The fourth-order valence-electron chi connectivity index (χ4n) is 4.75. The third kappa shape index (κ3) is 4.14. The molecule has 1 heterocycles. The van der Waals surface area contributed by atoms with Crippen LogP contribution < -0.4 is 0 Å². The van der Waals surface area contributed by atoms with Gasteiger partial charge in [0.25, 0.3) is 0 Å². The summed E-state index contributed by atoms with van der Waals surface area (Å²) < 4.78 is 0. The van der Waals surface area contributed by atoms with Crippen LogP contribution in [0.25, 0.3) is 11.1 Å². The number of aromatic nitrogens is 1. The van der Waals surface area contributed by atoms with Gasteiger partial charge in [0.15, 0.2) is 0 Å². The molecule has 1 unspecified atom stereocenters. The molecule has 0 N–H and O–H groups in total. The highest BCUT2D eigenvalue weighted by Gasteiger charge is 2.27. The van der Waals surface area contributed by atoms with E-state index in [1.807, 2.05) is 6.20 Å². The quantitative estimate of drug-likeness (QED) is 0.552. The minimum Gasteiger partial charge on any atom is -0.264 e. The molecule has 0 amide bonds. The normalized spacial score (nSPS) is 21.9. The van der Waals surface area contributed by atoms with Gasteiger partial charge in [-0.25, -0.2) is 0 Å². The molecular weight excluding hydrogens is 302 g/mol. The summed E-state index contributed by atoms with van der Waals surface area (Å²) in [5.74, 6) is 2.38. The number of rotatable bonds is 6. The van der Waals surface area contributed by atoms with Gasteiger partial charge in [0.05, 0.1) is 0 Å². The standard InChI is InChI=1S/C24H33N/c1-4-8-19-11-13-21(14-12-19)18(3)24-17-25-16-15-23(24)22-10-7-6-9-20(22)5-2/h6-7,9-10,15-19,21H,4-5,8,11-14H2,1-3H3. The van der Waals surface area contributed by atoms with Crippen molar-refractivity contribution in [3.63, 3.8) is 0 Å². The maximum absolute atomic E-state index is 4.49. The number of nitrogens with zero attached hydrogens (tertiary/aromatic N) is 1. The van der Waals surface area contributed by atoms with Crippen molar-refractivity contribution >= 4 is 0 Å². The zero-order valence-electron chi connectivity index (χ0n) is 16.2. The van der Waals surface area contributed by atoms with Crippen LogP contribution in [-0.4, -0.2) is 4.98 Å². The van der Waals surface area contributed by atoms with Crippen molar-refractivity contribution in [2.75, 3.05) is 0 Å². The van der Waals surface area contributed by atoms with Gasteiger partial charge in [-0.15, -0.1) is 0 Å². The molecular formula is C24H33N. The fourth-order valence-corrected chi connectivity index (χ4v) is 4.75. The van der Waals surface area contributed by atoms with Gasteiger partial charge in [-0.05, 0) is 65.3 Å². The lowest BCUT2D eigenvalue weighted by molar-refractivity contribution is 0.239. The smallest absolute Gasteiger partial charge is 0.0308 e. The maximum Gasteiger partial charge on any atom is 0.0308 e. The second-order valence-corrected chi connectivity index (χ2v) is 7.83. The third-order valence-corrected chi connectivity index (χ3v) is 6.33. The Morgan fingerprint density at radius 3 is 2.48 bits per heavy atom. The van der Waals surface area contributed by atoms with E-state index in [4.69, 9.17) is 0 Å². The molecule has 1 nitrogen and oxygen atoms in total. The van der Waals surface area contributed by atoms with Crippen molar-refractivity contribution in [2.24, 2.45) is 11.8 Å². The first-order chi connectivity index (χ1) is 12.2. The van der Waals surface area contributed by atoms with Crippen molar-refractivity contribution in [1.82, 2.24) is 4.98 Å². The van der Waals surface area contributed by atoms with Crippen LogP contribution in [0.2, 0.25) is 0 Å². The Balaban J connectivity index is 1.84.